The second-order valence-electron chi connectivity index (χ2n) is 3.38. The van der Waals surface area contributed by atoms with E-state index in [1.807, 2.05) is 0 Å². The number of carbonyl (C=O) groups excluding carboxylic acids is 1. The third kappa shape index (κ3) is 3.55. The first-order valence-corrected chi connectivity index (χ1v) is 6.29. The summed E-state index contributed by atoms with van der Waals surface area (Å²) in [4.78, 5) is 9.20. The number of alkyl halides is 3. The summed E-state index contributed by atoms with van der Waals surface area (Å²) in [5.41, 5.74) is 0. The number of sulfonamides is 1. The molecule has 104 valence electrons. The van der Waals surface area contributed by atoms with Crippen LogP contribution in [0.1, 0.15) is 6.92 Å². The number of hydrogen-bond donors (Lipinski definition) is 0. The average molecular weight is 295 g/mol. The summed E-state index contributed by atoms with van der Waals surface area (Å²) >= 11 is 0. The lowest BCUT2D eigenvalue weighted by molar-refractivity contribution is -0.216. The van der Waals surface area contributed by atoms with Crippen LogP contribution in [-0.4, -0.2) is 26.8 Å². The molecule has 0 N–H and O–H groups in total. The molecule has 0 saturated heterocycles. The van der Waals surface area contributed by atoms with Crippen LogP contribution >= 0.6 is 0 Å². The fourth-order valence-electron chi connectivity index (χ4n) is 1.07. The fraction of sp³-hybridized carbons (Fsp3) is 0.300. The molecule has 9 heteroatoms. The molecule has 0 aliphatic carbocycles. The van der Waals surface area contributed by atoms with Crippen molar-refractivity contribution < 1.29 is 31.1 Å². The molecule has 1 rings (SSSR count). The topological polar surface area (TPSA) is 72.8 Å². The van der Waals surface area contributed by atoms with Crippen molar-refractivity contribution in [3.05, 3.63) is 24.3 Å². The minimum atomic E-state index is -4.52. The number of nitrogens with zero attached hydrogens (tertiary/aromatic N) is 1. The minimum absolute atomic E-state index is 0.556. The van der Waals surface area contributed by atoms with Crippen molar-refractivity contribution in [2.75, 3.05) is 0 Å². The lowest BCUT2D eigenvalue weighted by Crippen LogP contribution is -2.34. The Balaban J connectivity index is 3.29. The fourth-order valence-corrected chi connectivity index (χ4v) is 1.88. The van der Waals surface area contributed by atoms with Gasteiger partial charge in [-0.1, -0.05) is 16.5 Å². The van der Waals surface area contributed by atoms with E-state index >= 15 is 0 Å². The molecule has 0 spiro atoms. The number of benzene rings is 1. The van der Waals surface area contributed by atoms with Crippen LogP contribution in [0.5, 0.6) is 5.75 Å². The number of hydrogen-bond acceptors (Lipinski definition) is 4. The number of halogens is 3. The first-order valence-electron chi connectivity index (χ1n) is 4.85. The Morgan fingerprint density at radius 3 is 2.47 bits per heavy atom. The van der Waals surface area contributed by atoms with Crippen molar-refractivity contribution in [2.24, 2.45) is 4.40 Å². The van der Waals surface area contributed by atoms with Crippen LogP contribution in [0.25, 0.3) is 0 Å². The van der Waals surface area contributed by atoms with Crippen LogP contribution in [0, 0.1) is 0 Å². The predicted octanol–water partition coefficient (Wildman–Crippen LogP) is 2.04. The summed E-state index contributed by atoms with van der Waals surface area (Å²) in [6, 6.07) is 4.20. The zero-order valence-electron chi connectivity index (χ0n) is 9.51. The number of rotatable bonds is 5. The molecule has 0 aliphatic heterocycles. The molecule has 19 heavy (non-hydrogen) atoms. The minimum Gasteiger partial charge on any atom is -0.429 e. The van der Waals surface area contributed by atoms with Gasteiger partial charge in [0.2, 0.25) is 6.17 Å². The summed E-state index contributed by atoms with van der Waals surface area (Å²) < 4.78 is 68.3. The Kier molecular flexibility index (Phi) is 4.33. The molecule has 0 saturated carbocycles. The normalized spacial score (nSPS) is 13.5. The van der Waals surface area contributed by atoms with Crippen LogP contribution in [-0.2, 0) is 14.8 Å². The highest BCUT2D eigenvalue weighted by molar-refractivity contribution is 7.90. The Labute approximate surface area is 106 Å². The van der Waals surface area contributed by atoms with E-state index in [2.05, 4.69) is 9.13 Å². The largest absolute Gasteiger partial charge is 0.429 e. The molecule has 1 unspecified atom stereocenters. The molecule has 0 amide bonds. The van der Waals surface area contributed by atoms with Gasteiger partial charge < -0.3 is 4.74 Å². The van der Waals surface area contributed by atoms with Crippen molar-refractivity contribution in [1.29, 1.82) is 0 Å². The van der Waals surface area contributed by atoms with Gasteiger partial charge >= 0.3 is 6.11 Å². The molecule has 0 aromatic heterocycles. The molecule has 1 aromatic rings. The van der Waals surface area contributed by atoms with Gasteiger partial charge in [-0.15, -0.1) is 0 Å². The van der Waals surface area contributed by atoms with Gasteiger partial charge in [-0.25, -0.2) is 9.18 Å². The van der Waals surface area contributed by atoms with E-state index in [-0.39, 0.29) is 0 Å². The summed E-state index contributed by atoms with van der Waals surface area (Å²) in [6.45, 7) is 0.556. The average Bonchev–Trinajstić information content (AvgIpc) is 2.28. The van der Waals surface area contributed by atoms with E-state index in [9.17, 15) is 26.4 Å². The molecule has 1 atom stereocenters. The lowest BCUT2D eigenvalue weighted by atomic mass is 10.3. The Morgan fingerprint density at radius 1 is 1.37 bits per heavy atom. The van der Waals surface area contributed by atoms with Crippen molar-refractivity contribution in [3.63, 3.8) is 0 Å². The Hall–Kier alpha value is -1.86. The van der Waals surface area contributed by atoms with E-state index in [0.717, 1.165) is 18.2 Å². The maximum absolute atomic E-state index is 13.1. The van der Waals surface area contributed by atoms with Crippen molar-refractivity contribution in [3.8, 4) is 5.75 Å². The standard InChI is InChI=1S/C10H8F3NO4S/c1-7(11)10(12,13)18-8-4-2-3-5-9(8)19(16,17)14-6-15/h2-5,7H,1H3. The van der Waals surface area contributed by atoms with Crippen LogP contribution in [0.4, 0.5) is 13.2 Å². The van der Waals surface area contributed by atoms with E-state index in [4.69, 9.17) is 0 Å². The van der Waals surface area contributed by atoms with Crippen LogP contribution in [0.15, 0.2) is 33.6 Å². The van der Waals surface area contributed by atoms with Crippen LogP contribution < -0.4 is 4.74 Å². The lowest BCUT2D eigenvalue weighted by Gasteiger charge is -2.20. The zero-order chi connectivity index (χ0) is 14.7. The van der Waals surface area contributed by atoms with E-state index in [1.54, 1.807) is 0 Å². The molecule has 0 aliphatic rings. The smallest absolute Gasteiger partial charge is 0.429 e. The second-order valence-corrected chi connectivity index (χ2v) is 4.96. The molecule has 5 nitrogen and oxygen atoms in total. The van der Waals surface area contributed by atoms with Gasteiger partial charge in [-0.2, -0.15) is 17.2 Å². The molecule has 0 radical (unpaired) electrons. The second kappa shape index (κ2) is 5.41. The number of ether oxygens (including phenoxy) is 1. The van der Waals surface area contributed by atoms with Crippen molar-refractivity contribution >= 4 is 16.1 Å². The molecule has 0 bridgehead atoms. The molecular weight excluding hydrogens is 287 g/mol. The maximum atomic E-state index is 13.1. The maximum Gasteiger partial charge on any atom is 0.429 e. The van der Waals surface area contributed by atoms with Gasteiger partial charge in [-0.3, -0.25) is 0 Å². The molecule has 0 heterocycles. The van der Waals surface area contributed by atoms with Gasteiger partial charge in [0.05, 0.1) is 0 Å². The Morgan fingerprint density at radius 2 is 1.95 bits per heavy atom. The van der Waals surface area contributed by atoms with Gasteiger partial charge in [0.25, 0.3) is 16.1 Å². The summed E-state index contributed by atoms with van der Waals surface area (Å²) in [6.07, 6.45) is -6.08. The highest BCUT2D eigenvalue weighted by atomic mass is 32.2. The van der Waals surface area contributed by atoms with E-state index in [1.165, 1.54) is 12.1 Å². The molecular formula is C10H8F3NO4S. The van der Waals surface area contributed by atoms with Crippen LogP contribution in [0.2, 0.25) is 0 Å². The van der Waals surface area contributed by atoms with Gasteiger partial charge in [0, 0.05) is 0 Å². The highest BCUT2D eigenvalue weighted by Crippen LogP contribution is 2.31. The van der Waals surface area contributed by atoms with E-state index < -0.39 is 32.9 Å². The van der Waals surface area contributed by atoms with Gasteiger partial charge in [0.1, 0.15) is 10.6 Å². The number of isocyanates is 1. The summed E-state index contributed by atoms with van der Waals surface area (Å²) in [5, 5.41) is 0. The zero-order valence-corrected chi connectivity index (χ0v) is 10.3. The van der Waals surface area contributed by atoms with Crippen molar-refractivity contribution in [1.82, 2.24) is 0 Å². The predicted molar refractivity (Wildman–Crippen MR) is 57.9 cm³/mol. The van der Waals surface area contributed by atoms with Crippen molar-refractivity contribution in [2.45, 2.75) is 24.1 Å². The van der Waals surface area contributed by atoms with Gasteiger partial charge in [-0.05, 0) is 19.1 Å². The summed E-state index contributed by atoms with van der Waals surface area (Å²) in [7, 11) is -4.52. The van der Waals surface area contributed by atoms with E-state index in [0.29, 0.717) is 6.92 Å². The monoisotopic (exact) mass is 295 g/mol. The highest BCUT2D eigenvalue weighted by Gasteiger charge is 2.41. The van der Waals surface area contributed by atoms with Crippen LogP contribution in [0.3, 0.4) is 0 Å². The number of para-hydroxylation sites is 1. The summed E-state index contributed by atoms with van der Waals surface area (Å²) in [5.74, 6) is -0.809. The quantitative estimate of drug-likeness (QED) is 0.615. The molecule has 1 aromatic carbocycles. The first-order chi connectivity index (χ1) is 8.70. The third-order valence-corrected chi connectivity index (χ3v) is 3.20. The third-order valence-electron chi connectivity index (χ3n) is 1.99. The first kappa shape index (κ1) is 15.2. The Bertz CT molecular complexity index is 609. The SMILES string of the molecule is CC(F)C(F)(F)Oc1ccccc1S(=O)(=O)N=C=O. The van der Waals surface area contributed by atoms with Gasteiger partial charge in [0.15, 0.2) is 0 Å². The molecule has 0 fully saturated rings.